The van der Waals surface area contributed by atoms with Gasteiger partial charge >= 0.3 is 0 Å². The lowest BCUT2D eigenvalue weighted by atomic mass is 10.0. The Labute approximate surface area is 134 Å². The molecular formula is C17H27ClN2O. The number of carbonyl (C=O) groups excluding carboxylic acids is 1. The molecule has 3 unspecified atom stereocenters. The maximum atomic E-state index is 12.3. The Morgan fingerprint density at radius 2 is 2.05 bits per heavy atom. The lowest BCUT2D eigenvalue weighted by molar-refractivity contribution is -0.123. The van der Waals surface area contributed by atoms with Crippen LogP contribution in [-0.4, -0.2) is 18.5 Å². The minimum Gasteiger partial charge on any atom is -0.352 e. The van der Waals surface area contributed by atoms with Gasteiger partial charge in [0.1, 0.15) is 0 Å². The van der Waals surface area contributed by atoms with E-state index in [1.54, 1.807) is 0 Å². The minimum absolute atomic E-state index is 0. The number of halogens is 1. The summed E-state index contributed by atoms with van der Waals surface area (Å²) < 4.78 is 0. The van der Waals surface area contributed by atoms with Crippen LogP contribution < -0.4 is 11.1 Å². The molecule has 0 heterocycles. The molecule has 1 fully saturated rings. The van der Waals surface area contributed by atoms with Crippen LogP contribution in [0.5, 0.6) is 0 Å². The third-order valence-electron chi connectivity index (χ3n) is 4.10. The highest BCUT2D eigenvalue weighted by Gasteiger charge is 2.44. The summed E-state index contributed by atoms with van der Waals surface area (Å²) in [5.41, 5.74) is 8.35. The minimum atomic E-state index is 0. The van der Waals surface area contributed by atoms with Crippen molar-refractivity contribution in [3.63, 3.8) is 0 Å². The van der Waals surface area contributed by atoms with Crippen molar-refractivity contribution in [2.75, 3.05) is 6.54 Å². The number of benzene rings is 1. The first kappa shape index (κ1) is 18.0. The van der Waals surface area contributed by atoms with Gasteiger partial charge < -0.3 is 11.1 Å². The van der Waals surface area contributed by atoms with E-state index >= 15 is 0 Å². The lowest BCUT2D eigenvalue weighted by Crippen LogP contribution is -2.41. The molecule has 1 saturated carbocycles. The fraction of sp³-hybridized carbons (Fsp3) is 0.588. The fourth-order valence-electron chi connectivity index (χ4n) is 2.92. The number of nitrogens with one attached hydrogen (secondary N) is 1. The van der Waals surface area contributed by atoms with E-state index in [1.165, 1.54) is 11.1 Å². The van der Waals surface area contributed by atoms with Crippen LogP contribution in [0.1, 0.15) is 43.7 Å². The fourth-order valence-corrected chi connectivity index (χ4v) is 2.92. The van der Waals surface area contributed by atoms with E-state index < -0.39 is 0 Å². The molecule has 3 atom stereocenters. The molecule has 0 aromatic heterocycles. The zero-order valence-electron chi connectivity index (χ0n) is 13.1. The summed E-state index contributed by atoms with van der Waals surface area (Å²) in [4.78, 5) is 12.3. The molecule has 2 rings (SSSR count). The van der Waals surface area contributed by atoms with Gasteiger partial charge in [0.2, 0.25) is 5.91 Å². The first-order valence-electron chi connectivity index (χ1n) is 7.59. The summed E-state index contributed by atoms with van der Waals surface area (Å²) in [7, 11) is 0. The second-order valence-electron chi connectivity index (χ2n) is 6.38. The molecule has 1 aromatic rings. The number of aryl methyl sites for hydroxylation is 1. The molecule has 3 N–H and O–H groups in total. The number of rotatable bonds is 6. The summed E-state index contributed by atoms with van der Waals surface area (Å²) in [5, 5.41) is 3.12. The number of amides is 1. The number of hydrogen-bond acceptors (Lipinski definition) is 2. The highest BCUT2D eigenvalue weighted by molar-refractivity contribution is 5.85. The highest BCUT2D eigenvalue weighted by Crippen LogP contribution is 2.48. The summed E-state index contributed by atoms with van der Waals surface area (Å²) in [6, 6.07) is 8.47. The molecule has 1 aliphatic rings. The van der Waals surface area contributed by atoms with Crippen molar-refractivity contribution < 1.29 is 4.79 Å². The van der Waals surface area contributed by atoms with E-state index in [1.807, 2.05) is 6.07 Å². The Bertz CT molecular complexity index is 476. The van der Waals surface area contributed by atoms with Crippen molar-refractivity contribution in [1.29, 1.82) is 0 Å². The van der Waals surface area contributed by atoms with Crippen LogP contribution in [-0.2, 0) is 4.79 Å². The summed E-state index contributed by atoms with van der Waals surface area (Å²) >= 11 is 0. The van der Waals surface area contributed by atoms with Gasteiger partial charge in [-0.1, -0.05) is 38.1 Å². The van der Waals surface area contributed by atoms with Crippen molar-refractivity contribution in [2.24, 2.45) is 17.6 Å². The molecule has 1 aliphatic carbocycles. The van der Waals surface area contributed by atoms with E-state index in [-0.39, 0.29) is 30.3 Å². The topological polar surface area (TPSA) is 55.1 Å². The Hall–Kier alpha value is -1.06. The van der Waals surface area contributed by atoms with Gasteiger partial charge in [0, 0.05) is 18.5 Å². The molecule has 118 valence electrons. The Morgan fingerprint density at radius 1 is 1.38 bits per heavy atom. The van der Waals surface area contributed by atoms with Gasteiger partial charge in [-0.3, -0.25) is 4.79 Å². The van der Waals surface area contributed by atoms with E-state index in [9.17, 15) is 4.79 Å². The van der Waals surface area contributed by atoms with Crippen LogP contribution in [0.3, 0.4) is 0 Å². The van der Waals surface area contributed by atoms with Crippen LogP contribution in [0.15, 0.2) is 24.3 Å². The van der Waals surface area contributed by atoms with Crippen molar-refractivity contribution in [3.05, 3.63) is 35.4 Å². The first-order chi connectivity index (χ1) is 9.52. The Kier molecular flexibility index (Phi) is 6.69. The number of nitrogens with two attached hydrogens (primary N) is 1. The predicted molar refractivity (Wildman–Crippen MR) is 89.7 cm³/mol. The zero-order chi connectivity index (χ0) is 14.7. The zero-order valence-corrected chi connectivity index (χ0v) is 14.0. The van der Waals surface area contributed by atoms with E-state index in [0.717, 1.165) is 12.8 Å². The van der Waals surface area contributed by atoms with Gasteiger partial charge in [-0.15, -0.1) is 12.4 Å². The van der Waals surface area contributed by atoms with Gasteiger partial charge in [0.25, 0.3) is 0 Å². The van der Waals surface area contributed by atoms with Gasteiger partial charge in [0.15, 0.2) is 0 Å². The summed E-state index contributed by atoms with van der Waals surface area (Å²) in [5.74, 6) is 1.26. The summed E-state index contributed by atoms with van der Waals surface area (Å²) in [6.45, 7) is 6.94. The van der Waals surface area contributed by atoms with Gasteiger partial charge in [-0.05, 0) is 42.7 Å². The third kappa shape index (κ3) is 4.72. The van der Waals surface area contributed by atoms with Crippen LogP contribution in [0.25, 0.3) is 0 Å². The van der Waals surface area contributed by atoms with Crippen LogP contribution in [0, 0.1) is 18.8 Å². The van der Waals surface area contributed by atoms with Crippen LogP contribution >= 0.6 is 12.4 Å². The standard InChI is InChI=1S/C17H26N2O.ClH/c1-11(2)8-13(10-18)19-17(20)16-9-15(16)14-7-5-4-6-12(14)3;/h4-7,11,13,15-16H,8-10,18H2,1-3H3,(H,19,20);1H. The predicted octanol–water partition coefficient (Wildman–Crippen LogP) is 3.01. The van der Waals surface area contributed by atoms with E-state index in [0.29, 0.717) is 18.4 Å². The number of carbonyl (C=O) groups is 1. The first-order valence-corrected chi connectivity index (χ1v) is 7.59. The maximum absolute atomic E-state index is 12.3. The summed E-state index contributed by atoms with van der Waals surface area (Å²) in [6.07, 6.45) is 1.92. The molecule has 0 radical (unpaired) electrons. The molecular weight excluding hydrogens is 284 g/mol. The highest BCUT2D eigenvalue weighted by atomic mass is 35.5. The molecule has 0 aliphatic heterocycles. The Balaban J connectivity index is 0.00000220. The second-order valence-corrected chi connectivity index (χ2v) is 6.38. The average Bonchev–Trinajstić information content (AvgIpc) is 3.18. The normalized spacial score (nSPS) is 21.6. The molecule has 0 saturated heterocycles. The smallest absolute Gasteiger partial charge is 0.224 e. The molecule has 0 bridgehead atoms. The van der Waals surface area contributed by atoms with Crippen LogP contribution in [0.2, 0.25) is 0 Å². The van der Waals surface area contributed by atoms with E-state index in [2.05, 4.69) is 44.3 Å². The molecule has 4 heteroatoms. The second kappa shape index (κ2) is 7.81. The van der Waals surface area contributed by atoms with Crippen LogP contribution in [0.4, 0.5) is 0 Å². The molecule has 0 spiro atoms. The maximum Gasteiger partial charge on any atom is 0.224 e. The molecule has 21 heavy (non-hydrogen) atoms. The number of hydrogen-bond donors (Lipinski definition) is 2. The van der Waals surface area contributed by atoms with Crippen molar-refractivity contribution >= 4 is 18.3 Å². The van der Waals surface area contributed by atoms with Gasteiger partial charge in [0.05, 0.1) is 0 Å². The molecule has 1 amide bonds. The van der Waals surface area contributed by atoms with Gasteiger partial charge in [-0.2, -0.15) is 0 Å². The van der Waals surface area contributed by atoms with Crippen molar-refractivity contribution in [2.45, 2.75) is 45.6 Å². The van der Waals surface area contributed by atoms with Crippen molar-refractivity contribution in [1.82, 2.24) is 5.32 Å². The SMILES string of the molecule is Cc1ccccc1C1CC1C(=O)NC(CN)CC(C)C.Cl. The average molecular weight is 311 g/mol. The third-order valence-corrected chi connectivity index (χ3v) is 4.10. The monoisotopic (exact) mass is 310 g/mol. The molecule has 3 nitrogen and oxygen atoms in total. The van der Waals surface area contributed by atoms with Crippen molar-refractivity contribution in [3.8, 4) is 0 Å². The van der Waals surface area contributed by atoms with Gasteiger partial charge in [-0.25, -0.2) is 0 Å². The van der Waals surface area contributed by atoms with E-state index in [4.69, 9.17) is 5.73 Å². The Morgan fingerprint density at radius 3 is 2.62 bits per heavy atom. The quantitative estimate of drug-likeness (QED) is 0.848. The molecule has 1 aromatic carbocycles. The lowest BCUT2D eigenvalue weighted by Gasteiger charge is -2.19. The largest absolute Gasteiger partial charge is 0.352 e.